The molecule has 3 fully saturated rings. The highest BCUT2D eigenvalue weighted by Gasteiger charge is 2.51. The van der Waals surface area contributed by atoms with Crippen molar-refractivity contribution >= 4 is 97.0 Å². The summed E-state index contributed by atoms with van der Waals surface area (Å²) in [6.45, 7) is 31.1. The zero-order valence-corrected chi connectivity index (χ0v) is 71.9. The van der Waals surface area contributed by atoms with Gasteiger partial charge < -0.3 is 5.11 Å². The van der Waals surface area contributed by atoms with Gasteiger partial charge in [0.1, 0.15) is 10.5 Å². The van der Waals surface area contributed by atoms with E-state index in [1.54, 1.807) is 0 Å². The lowest BCUT2D eigenvalue weighted by atomic mass is 9.75. The van der Waals surface area contributed by atoms with Crippen LogP contribution in [0.5, 0.6) is 0 Å². The molecule has 0 saturated carbocycles. The number of aliphatic hydroxyl groups is 1. The molecule has 0 aliphatic carbocycles. The van der Waals surface area contributed by atoms with Gasteiger partial charge in [-0.15, -0.1) is 11.6 Å². The van der Waals surface area contributed by atoms with Crippen LogP contribution in [0.3, 0.4) is 0 Å². The van der Waals surface area contributed by atoms with Crippen molar-refractivity contribution in [1.82, 2.24) is 19.4 Å². The minimum Gasteiger partial charge on any atom is -0.379 e. The first-order valence-corrected chi connectivity index (χ1v) is 44.5. The van der Waals surface area contributed by atoms with Crippen molar-refractivity contribution in [2.45, 2.75) is 185 Å². The molecule has 3 heterocycles. The summed E-state index contributed by atoms with van der Waals surface area (Å²) in [5.41, 5.74) is 17.5. The lowest BCUT2D eigenvalue weighted by Crippen LogP contribution is -2.58. The molecule has 594 valence electrons. The lowest BCUT2D eigenvalue weighted by molar-refractivity contribution is -0.0436. The fourth-order valence-corrected chi connectivity index (χ4v) is 17.6. The van der Waals surface area contributed by atoms with Gasteiger partial charge in [-0.3, -0.25) is 14.7 Å². The van der Waals surface area contributed by atoms with E-state index in [2.05, 4.69) is 323 Å². The topological polar surface area (TPSA) is 153 Å². The molecule has 9 aromatic carbocycles. The normalized spacial score (nSPS) is 16.5. The molecule has 0 radical (unpaired) electrons. The number of hydrogen-bond donors (Lipinski definition) is 3. The van der Waals surface area contributed by atoms with Crippen LogP contribution in [0.2, 0.25) is 0 Å². The van der Waals surface area contributed by atoms with Gasteiger partial charge >= 0.3 is 15.5 Å². The summed E-state index contributed by atoms with van der Waals surface area (Å²) in [6, 6.07) is 71.7. The second-order valence-electron chi connectivity index (χ2n) is 29.7. The standard InChI is InChI=1S/C29H36N2O2S.C28H32ClN.C28H33NO.CHCl3.CH2F3NO2S.Cl2OS/c1-21-14-22(2)17-26(16-21)29(30-34(5,32)33,27-18-23(3)15-24(4)19-27)28-12-9-13-31(28)20-25-10-7-6-8-11-25;1-20-13-21(2)16-25(15-20)28(29,26-17-22(3)14-23(4)18-26)27-11-8-12-30(27)19-24-9-6-5-7-10-24;1-20-13-21(2)16-25(15-20)28(30,26-17-22(3)14-23(4)18-26)27-11-8-12-29(27)19-24-9-6-5-7-10-24;2-1(3)4;2-1(3,4)8(5,6)7;1-4(2)3/h6-8,10-11,14-19,28,30H,9,12-13,20H2,1-5H3;5-7,9-10,13-18,27H,8,11-12,19H2,1-4H3;5-7,9-10,13-18,27,30H,8,11-12,19H2,1-4H3;1H;(H2,5,6,7);/t28-;2*27-;;;/m000.../s1. The molecule has 0 spiro atoms. The smallest absolute Gasteiger partial charge is 0.379 e. The monoisotopic (exact) mass is 1680 g/mol. The molecule has 0 bridgehead atoms. The Morgan fingerprint density at radius 2 is 0.655 bits per heavy atom. The number of hydrogen-bond acceptors (Lipinski definition) is 9. The van der Waals surface area contributed by atoms with Crippen molar-refractivity contribution in [2.75, 3.05) is 25.9 Å². The zero-order chi connectivity index (χ0) is 81.3. The largest absolute Gasteiger partial charge is 0.511 e. The predicted molar refractivity (Wildman–Crippen MR) is 454 cm³/mol. The first kappa shape index (κ1) is 91.5. The van der Waals surface area contributed by atoms with Gasteiger partial charge in [-0.25, -0.2) is 26.2 Å². The summed E-state index contributed by atoms with van der Waals surface area (Å²) in [4.78, 5) is 6.96. The van der Waals surface area contributed by atoms with Crippen molar-refractivity contribution in [3.63, 3.8) is 0 Å². The van der Waals surface area contributed by atoms with Gasteiger partial charge in [0, 0.05) is 59.1 Å². The van der Waals surface area contributed by atoms with Crippen LogP contribution in [0.25, 0.3) is 0 Å². The maximum atomic E-state index is 13.0. The Balaban J connectivity index is 0.000000208. The van der Waals surface area contributed by atoms with Gasteiger partial charge in [0.05, 0.1) is 11.8 Å². The molecule has 0 unspecified atom stereocenters. The molecule has 110 heavy (non-hydrogen) atoms. The van der Waals surface area contributed by atoms with Gasteiger partial charge in [-0.2, -0.15) is 17.9 Å². The van der Waals surface area contributed by atoms with E-state index >= 15 is 0 Å². The SMILES string of the molecule is Cc1cc(C)cc(C(Cl)(c2cc(C)cc(C)c2)[C@@H]2CCCN2Cc2ccccc2)c1.Cc1cc(C)cc(C(NS(C)(=O)=O)(c2cc(C)cc(C)c2)[C@@H]2CCCN2Cc2ccccc2)c1.Cc1cc(C)cc(C(O)(c2cc(C)cc(C)c2)[C@@H]2CCCN2Cc2ccccc2)c1.ClC(Cl)Cl.NS(=O)(=O)C(F)(F)F.O=S(Cl)Cl. The van der Waals surface area contributed by atoms with Gasteiger partial charge in [0.2, 0.25) is 19.2 Å². The van der Waals surface area contributed by atoms with E-state index < -0.39 is 55.1 Å². The first-order chi connectivity index (χ1) is 51.5. The third kappa shape index (κ3) is 25.9. The number of halogens is 9. The van der Waals surface area contributed by atoms with E-state index in [0.29, 0.717) is 0 Å². The molecule has 0 amide bonds. The summed E-state index contributed by atoms with van der Waals surface area (Å²) < 4.78 is 88.7. The molecule has 3 aliphatic heterocycles. The van der Waals surface area contributed by atoms with E-state index in [-0.39, 0.29) is 18.1 Å². The Labute approximate surface area is 683 Å². The minimum atomic E-state index is -5.34. The van der Waals surface area contributed by atoms with Crippen LogP contribution in [-0.4, -0.2) is 94.7 Å². The number of alkyl halides is 7. The molecule has 0 aromatic heterocycles. The molecule has 3 aliphatic rings. The number of rotatable bonds is 17. The Hall–Kier alpha value is -5.68. The number of primary sulfonamides is 1. The molecule has 12 rings (SSSR count). The number of likely N-dealkylation sites (tertiary alicyclic amines) is 3. The number of nitrogens with zero attached hydrogens (tertiary/aromatic N) is 3. The Morgan fingerprint density at radius 3 is 0.909 bits per heavy atom. The lowest BCUT2D eigenvalue weighted by Gasteiger charge is -2.45. The predicted octanol–water partition coefficient (Wildman–Crippen LogP) is 21.1. The summed E-state index contributed by atoms with van der Waals surface area (Å²) in [7, 11) is -1.52. The van der Waals surface area contributed by atoms with Crippen LogP contribution in [0.1, 0.15) is 155 Å². The van der Waals surface area contributed by atoms with Crippen molar-refractivity contribution < 1.29 is 39.3 Å². The number of nitrogens with two attached hydrogens (primary N) is 1. The Kier molecular flexibility index (Phi) is 33.7. The van der Waals surface area contributed by atoms with Crippen molar-refractivity contribution in [2.24, 2.45) is 5.14 Å². The maximum absolute atomic E-state index is 13.0. The number of nitrogens with one attached hydrogen (secondary N) is 1. The van der Waals surface area contributed by atoms with Crippen LogP contribution in [0.4, 0.5) is 13.2 Å². The van der Waals surface area contributed by atoms with E-state index in [1.165, 1.54) is 85.0 Å². The molecule has 23 heteroatoms. The van der Waals surface area contributed by atoms with Gasteiger partial charge in [-0.1, -0.05) is 302 Å². The second kappa shape index (κ2) is 40.6. The average Bonchev–Trinajstić information content (AvgIpc) is 1.32. The van der Waals surface area contributed by atoms with Crippen LogP contribution >= 0.6 is 67.8 Å². The quantitative estimate of drug-likeness (QED) is 0.0597. The van der Waals surface area contributed by atoms with E-state index in [4.69, 9.17) is 50.6 Å². The Bertz CT molecular complexity index is 4330. The van der Waals surface area contributed by atoms with Crippen molar-refractivity contribution in [3.8, 4) is 0 Å². The van der Waals surface area contributed by atoms with Crippen LogP contribution in [-0.2, 0) is 64.9 Å². The molecule has 3 atom stereocenters. The molecule has 3 saturated heterocycles. The molecule has 9 aromatic rings. The fourth-order valence-electron chi connectivity index (χ4n) is 16.2. The van der Waals surface area contributed by atoms with Crippen LogP contribution < -0.4 is 9.86 Å². The summed E-state index contributed by atoms with van der Waals surface area (Å²) >= 11 is 22.2. The highest BCUT2D eigenvalue weighted by Crippen LogP contribution is 2.49. The fraction of sp³-hybridized carbons (Fsp3) is 0.379. The second-order valence-corrected chi connectivity index (χ2v) is 38.1. The minimum absolute atomic E-state index is 0.0233. The van der Waals surface area contributed by atoms with E-state index in [1.807, 2.05) is 6.07 Å². The zero-order valence-electron chi connectivity index (χ0n) is 64.9. The number of sulfonamides is 2. The highest BCUT2D eigenvalue weighted by molar-refractivity contribution is 8.26. The van der Waals surface area contributed by atoms with Gasteiger partial charge in [0.25, 0.3) is 0 Å². The summed E-state index contributed by atoms with van der Waals surface area (Å²) in [6.07, 6.45) is 7.61. The average molecular weight is 1680 g/mol. The van der Waals surface area contributed by atoms with Gasteiger partial charge in [-0.05, 0) is 191 Å². The highest BCUT2D eigenvalue weighted by atomic mass is 36.0. The summed E-state index contributed by atoms with van der Waals surface area (Å²) in [5.74, 6) is 0. The summed E-state index contributed by atoms with van der Waals surface area (Å²) in [5, 5.41) is 16.2. The molecule has 4 N–H and O–H groups in total. The molecular weight excluding hydrogens is 1580 g/mol. The maximum Gasteiger partial charge on any atom is 0.511 e. The third-order valence-corrected chi connectivity index (χ3v) is 21.9. The first-order valence-electron chi connectivity index (χ1n) is 36.5. The van der Waals surface area contributed by atoms with Crippen molar-refractivity contribution in [3.05, 3.63) is 317 Å². The number of benzene rings is 9. The van der Waals surface area contributed by atoms with Crippen LogP contribution in [0.15, 0.2) is 200 Å². The Morgan fingerprint density at radius 1 is 0.436 bits per heavy atom. The van der Waals surface area contributed by atoms with E-state index in [9.17, 15) is 35.1 Å². The third-order valence-electron chi connectivity index (χ3n) is 19.8. The number of aryl methyl sites for hydroxylation is 12. The van der Waals surface area contributed by atoms with E-state index in [0.717, 1.165) is 116 Å². The van der Waals surface area contributed by atoms with Crippen molar-refractivity contribution in [1.29, 1.82) is 0 Å². The van der Waals surface area contributed by atoms with Crippen LogP contribution in [0, 0.1) is 83.1 Å². The molecular formula is C87H104Cl6F3N5O6S3. The van der Waals surface area contributed by atoms with Gasteiger partial charge in [0.15, 0.2) is 4.30 Å². The molecule has 11 nitrogen and oxygen atoms in total.